The Labute approximate surface area is 85.5 Å². The molecule has 2 unspecified atom stereocenters. The van der Waals surface area contributed by atoms with E-state index in [1.54, 1.807) is 0 Å². The van der Waals surface area contributed by atoms with Gasteiger partial charge in [-0.15, -0.1) is 0 Å². The van der Waals surface area contributed by atoms with Gasteiger partial charge in [0.25, 0.3) is 0 Å². The molecule has 0 aliphatic heterocycles. The third-order valence-electron chi connectivity index (χ3n) is 2.61. The zero-order valence-corrected chi connectivity index (χ0v) is 9.25. The molecule has 0 heterocycles. The number of carboxylic acids is 1. The second-order valence-electron chi connectivity index (χ2n) is 3.45. The molecule has 1 aliphatic carbocycles. The molecule has 0 aromatic carbocycles. The van der Waals surface area contributed by atoms with Gasteiger partial charge in [0.2, 0.25) is 0 Å². The molecule has 0 amide bonds. The Morgan fingerprint density at radius 1 is 1.07 bits per heavy atom. The van der Waals surface area contributed by atoms with Gasteiger partial charge in [-0.05, 0) is 19.8 Å². The summed E-state index contributed by atoms with van der Waals surface area (Å²) in [5, 5.41) is 8.81. The summed E-state index contributed by atoms with van der Waals surface area (Å²) >= 11 is 0. The van der Waals surface area contributed by atoms with Crippen LogP contribution >= 0.6 is 0 Å². The number of Topliss-reactive ketones (excluding diaryl/α,β-unsaturated/α-hetero) is 1. The predicted molar refractivity (Wildman–Crippen MR) is 55.1 cm³/mol. The van der Waals surface area contributed by atoms with Crippen molar-refractivity contribution < 1.29 is 14.7 Å². The van der Waals surface area contributed by atoms with E-state index in [0.717, 1.165) is 19.3 Å². The van der Waals surface area contributed by atoms with Gasteiger partial charge in [0.05, 0.1) is 5.92 Å². The van der Waals surface area contributed by atoms with Crippen LogP contribution in [-0.2, 0) is 9.59 Å². The topological polar surface area (TPSA) is 54.4 Å². The lowest BCUT2D eigenvalue weighted by Crippen LogP contribution is -2.31. The third kappa shape index (κ3) is 3.48. The van der Waals surface area contributed by atoms with Gasteiger partial charge in [0.1, 0.15) is 5.78 Å². The number of hydrogen-bond donors (Lipinski definition) is 1. The van der Waals surface area contributed by atoms with E-state index in [1.807, 2.05) is 13.8 Å². The summed E-state index contributed by atoms with van der Waals surface area (Å²) in [4.78, 5) is 21.8. The Bertz CT molecular complexity index is 177. The minimum Gasteiger partial charge on any atom is -0.481 e. The van der Waals surface area contributed by atoms with Crippen molar-refractivity contribution >= 4 is 11.8 Å². The number of carboxylic acid groups (broad SMARTS) is 1. The van der Waals surface area contributed by atoms with E-state index in [1.165, 1.54) is 6.92 Å². The Kier molecular flexibility index (Phi) is 6.17. The number of ketones is 1. The Hall–Kier alpha value is -0.860. The maximum absolute atomic E-state index is 11.1. The fraction of sp³-hybridized carbons (Fsp3) is 0.818. The van der Waals surface area contributed by atoms with Gasteiger partial charge in [0, 0.05) is 5.92 Å². The van der Waals surface area contributed by atoms with Crippen LogP contribution < -0.4 is 0 Å². The summed E-state index contributed by atoms with van der Waals surface area (Å²) in [6, 6.07) is 0. The Morgan fingerprint density at radius 2 is 1.50 bits per heavy atom. The molecule has 82 valence electrons. The fourth-order valence-corrected chi connectivity index (χ4v) is 1.91. The minimum atomic E-state index is -0.810. The fourth-order valence-electron chi connectivity index (χ4n) is 1.91. The number of carbonyl (C=O) groups excluding carboxylic acids is 1. The highest BCUT2D eigenvalue weighted by atomic mass is 16.4. The molecular formula is C11H20O3. The summed E-state index contributed by atoms with van der Waals surface area (Å²) in [6.45, 7) is 5.49. The number of hydrogen-bond acceptors (Lipinski definition) is 2. The molecule has 1 fully saturated rings. The van der Waals surface area contributed by atoms with Crippen LogP contribution in [0.1, 0.15) is 46.5 Å². The van der Waals surface area contributed by atoms with Crippen molar-refractivity contribution in [2.24, 2.45) is 11.8 Å². The third-order valence-corrected chi connectivity index (χ3v) is 2.61. The molecule has 3 heteroatoms. The maximum Gasteiger partial charge on any atom is 0.307 e. The van der Waals surface area contributed by atoms with Crippen molar-refractivity contribution in [3.05, 3.63) is 0 Å². The monoisotopic (exact) mass is 200 g/mol. The lowest BCUT2D eigenvalue weighted by molar-refractivity contribution is -0.148. The standard InChI is InChI=1S/C9H14O3.C2H6/c1-6(10)7-4-2-3-5-8(7)9(11)12;1-2/h7-8H,2-5H2,1H3,(H,11,12);1-2H3. The Balaban J connectivity index is 0.000000791. The molecule has 14 heavy (non-hydrogen) atoms. The normalized spacial score (nSPS) is 25.9. The second-order valence-corrected chi connectivity index (χ2v) is 3.45. The summed E-state index contributed by atoms with van der Waals surface area (Å²) in [6.07, 6.45) is 3.36. The predicted octanol–water partition coefficient (Wildman–Crippen LogP) is 2.49. The first kappa shape index (κ1) is 13.1. The van der Waals surface area contributed by atoms with Crippen molar-refractivity contribution in [2.45, 2.75) is 46.5 Å². The first-order valence-electron chi connectivity index (χ1n) is 5.36. The molecule has 3 nitrogen and oxygen atoms in total. The molecule has 0 radical (unpaired) electrons. The van der Waals surface area contributed by atoms with E-state index in [2.05, 4.69) is 0 Å². The first-order valence-corrected chi connectivity index (χ1v) is 5.36. The van der Waals surface area contributed by atoms with Crippen LogP contribution in [0.5, 0.6) is 0 Å². The van der Waals surface area contributed by atoms with Crippen LogP contribution in [0, 0.1) is 11.8 Å². The number of carbonyl (C=O) groups is 2. The van der Waals surface area contributed by atoms with Gasteiger partial charge in [-0.3, -0.25) is 9.59 Å². The van der Waals surface area contributed by atoms with Crippen LogP contribution in [-0.4, -0.2) is 16.9 Å². The van der Waals surface area contributed by atoms with E-state index in [9.17, 15) is 9.59 Å². The van der Waals surface area contributed by atoms with Gasteiger partial charge >= 0.3 is 5.97 Å². The summed E-state index contributed by atoms with van der Waals surface area (Å²) in [5.41, 5.74) is 0. The summed E-state index contributed by atoms with van der Waals surface area (Å²) in [5.74, 6) is -1.43. The molecular weight excluding hydrogens is 180 g/mol. The lowest BCUT2D eigenvalue weighted by atomic mass is 9.77. The lowest BCUT2D eigenvalue weighted by Gasteiger charge is -2.25. The largest absolute Gasteiger partial charge is 0.481 e. The second kappa shape index (κ2) is 6.57. The molecule has 2 atom stereocenters. The highest BCUT2D eigenvalue weighted by Crippen LogP contribution is 2.30. The van der Waals surface area contributed by atoms with Crippen molar-refractivity contribution in [3.8, 4) is 0 Å². The highest BCUT2D eigenvalue weighted by Gasteiger charge is 2.33. The average molecular weight is 200 g/mol. The van der Waals surface area contributed by atoms with E-state index < -0.39 is 11.9 Å². The van der Waals surface area contributed by atoms with Crippen molar-refractivity contribution in [1.29, 1.82) is 0 Å². The molecule has 0 bridgehead atoms. The number of aliphatic carboxylic acids is 1. The average Bonchev–Trinajstić information content (AvgIpc) is 2.20. The van der Waals surface area contributed by atoms with Crippen molar-refractivity contribution in [3.63, 3.8) is 0 Å². The zero-order valence-electron chi connectivity index (χ0n) is 9.25. The van der Waals surface area contributed by atoms with Gasteiger partial charge in [-0.1, -0.05) is 26.7 Å². The zero-order chi connectivity index (χ0) is 11.1. The van der Waals surface area contributed by atoms with Gasteiger partial charge < -0.3 is 5.11 Å². The van der Waals surface area contributed by atoms with Crippen LogP contribution in [0.3, 0.4) is 0 Å². The van der Waals surface area contributed by atoms with Crippen LogP contribution in [0.2, 0.25) is 0 Å². The van der Waals surface area contributed by atoms with E-state index in [4.69, 9.17) is 5.11 Å². The molecule has 1 aliphatic rings. The van der Waals surface area contributed by atoms with E-state index in [-0.39, 0.29) is 11.7 Å². The molecule has 0 aromatic heterocycles. The van der Waals surface area contributed by atoms with Crippen LogP contribution in [0.15, 0.2) is 0 Å². The van der Waals surface area contributed by atoms with Crippen LogP contribution in [0.25, 0.3) is 0 Å². The summed E-state index contributed by atoms with van der Waals surface area (Å²) < 4.78 is 0. The molecule has 0 saturated heterocycles. The molecule has 1 N–H and O–H groups in total. The van der Waals surface area contributed by atoms with Crippen molar-refractivity contribution in [1.82, 2.24) is 0 Å². The summed E-state index contributed by atoms with van der Waals surface area (Å²) in [7, 11) is 0. The SMILES string of the molecule is CC.CC(=O)C1CCCCC1C(=O)O. The van der Waals surface area contributed by atoms with E-state index in [0.29, 0.717) is 6.42 Å². The maximum atomic E-state index is 11.1. The minimum absolute atomic E-state index is 0.0297. The van der Waals surface area contributed by atoms with Crippen molar-refractivity contribution in [2.75, 3.05) is 0 Å². The quantitative estimate of drug-likeness (QED) is 0.745. The smallest absolute Gasteiger partial charge is 0.307 e. The Morgan fingerprint density at radius 3 is 1.79 bits per heavy atom. The molecule has 1 saturated carbocycles. The highest BCUT2D eigenvalue weighted by molar-refractivity contribution is 5.84. The first-order chi connectivity index (χ1) is 6.63. The molecule has 0 spiro atoms. The number of rotatable bonds is 2. The molecule has 0 aromatic rings. The van der Waals surface area contributed by atoms with Gasteiger partial charge in [0.15, 0.2) is 0 Å². The van der Waals surface area contributed by atoms with Gasteiger partial charge in [-0.2, -0.15) is 0 Å². The van der Waals surface area contributed by atoms with E-state index >= 15 is 0 Å². The molecule has 1 rings (SSSR count). The van der Waals surface area contributed by atoms with Crippen LogP contribution in [0.4, 0.5) is 0 Å². The van der Waals surface area contributed by atoms with Gasteiger partial charge in [-0.25, -0.2) is 0 Å².